The molecule has 1 aliphatic carbocycles. The number of fused-ring (bicyclic) bond motifs is 1. The number of aliphatic hydroxyl groups is 1. The molecule has 3 nitrogen and oxygen atoms in total. The first-order valence-corrected chi connectivity index (χ1v) is 5.73. The predicted molar refractivity (Wildman–Crippen MR) is 60.0 cm³/mol. The lowest BCUT2D eigenvalue weighted by atomic mass is 9.81. The average Bonchev–Trinajstić information content (AvgIpc) is 2.59. The number of carboxylic acid groups (broad SMARTS) is 1. The molecule has 0 saturated carbocycles. The van der Waals surface area contributed by atoms with Crippen LogP contribution in [0.5, 0.6) is 0 Å². The van der Waals surface area contributed by atoms with E-state index in [9.17, 15) is 14.3 Å². The Hall–Kier alpha value is -1.42. The van der Waals surface area contributed by atoms with Crippen molar-refractivity contribution in [2.45, 2.75) is 31.8 Å². The van der Waals surface area contributed by atoms with Crippen molar-refractivity contribution in [1.82, 2.24) is 0 Å². The lowest BCUT2D eigenvalue weighted by Gasteiger charge is -2.30. The zero-order valence-electron chi connectivity index (χ0n) is 9.61. The molecule has 0 spiro atoms. The number of hydrogen-bond acceptors (Lipinski definition) is 2. The van der Waals surface area contributed by atoms with Gasteiger partial charge < -0.3 is 10.2 Å². The van der Waals surface area contributed by atoms with Gasteiger partial charge in [-0.05, 0) is 36.5 Å². The number of carbonyl (C=O) groups is 1. The Kier molecular flexibility index (Phi) is 2.91. The van der Waals surface area contributed by atoms with E-state index in [1.165, 1.54) is 12.1 Å². The first-order valence-electron chi connectivity index (χ1n) is 5.73. The van der Waals surface area contributed by atoms with E-state index in [1.807, 2.05) is 0 Å². The summed E-state index contributed by atoms with van der Waals surface area (Å²) >= 11 is 0. The molecule has 2 N–H and O–H groups in total. The molecule has 0 radical (unpaired) electrons. The topological polar surface area (TPSA) is 57.5 Å². The zero-order valence-corrected chi connectivity index (χ0v) is 9.61. The van der Waals surface area contributed by atoms with Crippen molar-refractivity contribution < 1.29 is 19.4 Å². The van der Waals surface area contributed by atoms with E-state index in [-0.39, 0.29) is 12.2 Å². The van der Waals surface area contributed by atoms with Crippen LogP contribution in [0.25, 0.3) is 0 Å². The van der Waals surface area contributed by atoms with Crippen molar-refractivity contribution in [2.75, 3.05) is 0 Å². The molecule has 4 heteroatoms. The highest BCUT2D eigenvalue weighted by Crippen LogP contribution is 2.44. The molecule has 0 amide bonds. The van der Waals surface area contributed by atoms with Crippen molar-refractivity contribution in [1.29, 1.82) is 0 Å². The van der Waals surface area contributed by atoms with Gasteiger partial charge in [0.05, 0.1) is 5.92 Å². The molecule has 0 saturated heterocycles. The van der Waals surface area contributed by atoms with Gasteiger partial charge in [0, 0.05) is 0 Å². The summed E-state index contributed by atoms with van der Waals surface area (Å²) in [4.78, 5) is 11.2. The Morgan fingerprint density at radius 2 is 2.29 bits per heavy atom. The summed E-state index contributed by atoms with van der Waals surface area (Å²) < 4.78 is 13.5. The Morgan fingerprint density at radius 3 is 2.88 bits per heavy atom. The van der Waals surface area contributed by atoms with Gasteiger partial charge in [-0.15, -0.1) is 0 Å². The second kappa shape index (κ2) is 4.11. The number of hydrogen-bond donors (Lipinski definition) is 2. The average molecular weight is 238 g/mol. The normalized spacial score (nSPS) is 24.4. The van der Waals surface area contributed by atoms with Gasteiger partial charge in [0.1, 0.15) is 11.4 Å². The van der Waals surface area contributed by atoms with E-state index >= 15 is 0 Å². The maximum Gasteiger partial charge on any atom is 0.309 e. The molecule has 17 heavy (non-hydrogen) atoms. The van der Waals surface area contributed by atoms with Gasteiger partial charge in [0.15, 0.2) is 0 Å². The van der Waals surface area contributed by atoms with E-state index in [2.05, 4.69) is 0 Å². The van der Waals surface area contributed by atoms with Gasteiger partial charge in [-0.3, -0.25) is 4.79 Å². The Bertz CT molecular complexity index is 458. The van der Waals surface area contributed by atoms with Crippen molar-refractivity contribution in [3.63, 3.8) is 0 Å². The molecular weight excluding hydrogens is 223 g/mol. The predicted octanol–water partition coefficient (Wildman–Crippen LogP) is 2.07. The highest BCUT2D eigenvalue weighted by atomic mass is 19.1. The van der Waals surface area contributed by atoms with Crippen LogP contribution in [0.3, 0.4) is 0 Å². The zero-order chi connectivity index (χ0) is 12.6. The fraction of sp³-hybridized carbons (Fsp3) is 0.462. The van der Waals surface area contributed by atoms with Crippen molar-refractivity contribution in [3.8, 4) is 0 Å². The molecule has 1 aromatic rings. The van der Waals surface area contributed by atoms with Crippen LogP contribution in [0.1, 0.15) is 30.9 Å². The summed E-state index contributed by atoms with van der Waals surface area (Å²) in [5.74, 6) is -2.28. The van der Waals surface area contributed by atoms with Crippen molar-refractivity contribution >= 4 is 5.97 Å². The summed E-state index contributed by atoms with van der Waals surface area (Å²) in [5.41, 5.74) is -0.542. The lowest BCUT2D eigenvalue weighted by Crippen LogP contribution is -2.37. The van der Waals surface area contributed by atoms with Crippen molar-refractivity contribution in [2.24, 2.45) is 5.92 Å². The first-order chi connectivity index (χ1) is 8.00. The van der Waals surface area contributed by atoms with Crippen LogP contribution in [0.4, 0.5) is 4.39 Å². The van der Waals surface area contributed by atoms with Crippen LogP contribution >= 0.6 is 0 Å². The van der Waals surface area contributed by atoms with E-state index in [0.29, 0.717) is 24.0 Å². The SMILES string of the molecule is CCC(C(=O)O)C1(O)CCc2c(F)cccc21. The molecule has 0 fully saturated rings. The number of carboxylic acids is 1. The molecule has 92 valence electrons. The largest absolute Gasteiger partial charge is 0.481 e. The minimum atomic E-state index is -1.43. The van der Waals surface area contributed by atoms with E-state index in [4.69, 9.17) is 5.11 Å². The number of halogens is 1. The molecule has 0 aliphatic heterocycles. The second-order valence-corrected chi connectivity index (χ2v) is 4.49. The van der Waals surface area contributed by atoms with Crippen LogP contribution in [0, 0.1) is 11.7 Å². The highest BCUT2D eigenvalue weighted by molar-refractivity contribution is 5.72. The molecule has 0 heterocycles. The van der Waals surface area contributed by atoms with Crippen LogP contribution in [-0.2, 0) is 16.8 Å². The molecule has 1 aromatic carbocycles. The summed E-state index contributed by atoms with van der Waals surface area (Å²) in [6.45, 7) is 1.72. The Labute approximate surface area is 98.9 Å². The van der Waals surface area contributed by atoms with Crippen LogP contribution in [-0.4, -0.2) is 16.2 Å². The van der Waals surface area contributed by atoms with E-state index < -0.39 is 17.5 Å². The minimum absolute atomic E-state index is 0.272. The monoisotopic (exact) mass is 238 g/mol. The first kappa shape index (κ1) is 12.0. The van der Waals surface area contributed by atoms with E-state index in [1.54, 1.807) is 13.0 Å². The van der Waals surface area contributed by atoms with E-state index in [0.717, 1.165) is 0 Å². The smallest absolute Gasteiger partial charge is 0.309 e. The third-order valence-corrected chi connectivity index (χ3v) is 3.62. The fourth-order valence-corrected chi connectivity index (χ4v) is 2.75. The van der Waals surface area contributed by atoms with Gasteiger partial charge >= 0.3 is 5.97 Å². The van der Waals surface area contributed by atoms with Gasteiger partial charge in [0.25, 0.3) is 0 Å². The van der Waals surface area contributed by atoms with Crippen molar-refractivity contribution in [3.05, 3.63) is 35.1 Å². The van der Waals surface area contributed by atoms with Gasteiger partial charge in [0.2, 0.25) is 0 Å². The minimum Gasteiger partial charge on any atom is -0.481 e. The Balaban J connectivity index is 2.50. The van der Waals surface area contributed by atoms with Crippen LogP contribution in [0.2, 0.25) is 0 Å². The molecule has 0 bridgehead atoms. The number of benzene rings is 1. The standard InChI is InChI=1S/C13H15FO3/c1-2-9(12(15)16)13(17)7-6-8-10(13)4-3-5-11(8)14/h3-5,9,17H,2,6-7H2,1H3,(H,15,16). The molecule has 2 rings (SSSR count). The fourth-order valence-electron chi connectivity index (χ4n) is 2.75. The number of rotatable bonds is 3. The summed E-state index contributed by atoms with van der Waals surface area (Å²) in [7, 11) is 0. The summed E-state index contributed by atoms with van der Waals surface area (Å²) in [6.07, 6.45) is 0.984. The second-order valence-electron chi connectivity index (χ2n) is 4.49. The molecule has 2 unspecified atom stereocenters. The third kappa shape index (κ3) is 1.72. The van der Waals surface area contributed by atoms with Crippen LogP contribution < -0.4 is 0 Å². The summed E-state index contributed by atoms with van der Waals surface area (Å²) in [5, 5.41) is 19.7. The highest BCUT2D eigenvalue weighted by Gasteiger charge is 2.46. The van der Waals surface area contributed by atoms with Gasteiger partial charge in [-0.2, -0.15) is 0 Å². The van der Waals surface area contributed by atoms with Crippen LogP contribution in [0.15, 0.2) is 18.2 Å². The molecule has 0 aromatic heterocycles. The Morgan fingerprint density at radius 1 is 1.59 bits per heavy atom. The third-order valence-electron chi connectivity index (χ3n) is 3.62. The lowest BCUT2D eigenvalue weighted by molar-refractivity contribution is -0.153. The number of aliphatic carboxylic acids is 1. The quantitative estimate of drug-likeness (QED) is 0.847. The molecular formula is C13H15FO3. The maximum atomic E-state index is 13.5. The van der Waals surface area contributed by atoms with Gasteiger partial charge in [-0.1, -0.05) is 19.1 Å². The molecule has 2 atom stereocenters. The molecule has 1 aliphatic rings. The summed E-state index contributed by atoms with van der Waals surface area (Å²) in [6, 6.07) is 4.47. The maximum absolute atomic E-state index is 13.5. The van der Waals surface area contributed by atoms with Gasteiger partial charge in [-0.25, -0.2) is 4.39 Å².